The molecule has 3 heteroatoms. The summed E-state index contributed by atoms with van der Waals surface area (Å²) in [6.07, 6.45) is 1.78. The molecular weight excluding hydrogens is 276 g/mol. The zero-order chi connectivity index (χ0) is 14.3. The van der Waals surface area contributed by atoms with Gasteiger partial charge in [-0.05, 0) is 16.8 Å². The van der Waals surface area contributed by atoms with Crippen LogP contribution in [-0.4, -0.2) is 11.9 Å². The molecule has 0 saturated carbocycles. The molecule has 0 N–H and O–H groups in total. The highest BCUT2D eigenvalue weighted by molar-refractivity contribution is 7.08. The summed E-state index contributed by atoms with van der Waals surface area (Å²) in [6.45, 7) is 0. The predicted molar refractivity (Wildman–Crippen MR) is 90.4 cm³/mol. The van der Waals surface area contributed by atoms with E-state index < -0.39 is 0 Å². The fraction of sp³-hybridized carbons (Fsp3) is 0. The van der Waals surface area contributed by atoms with Crippen LogP contribution >= 0.6 is 11.3 Å². The van der Waals surface area contributed by atoms with Crippen molar-refractivity contribution in [2.75, 3.05) is 0 Å². The zero-order valence-electron chi connectivity index (χ0n) is 11.4. The lowest BCUT2D eigenvalue weighted by Crippen LogP contribution is -2.02. The topological polar surface area (TPSA) is 24.7 Å². The summed E-state index contributed by atoms with van der Waals surface area (Å²) in [6, 6.07) is 22.3. The molecule has 2 nitrogen and oxygen atoms in total. The largest absolute Gasteiger partial charge is 0.158 e. The first-order valence-electron chi connectivity index (χ1n) is 6.67. The van der Waals surface area contributed by atoms with Gasteiger partial charge in [0.15, 0.2) is 0 Å². The van der Waals surface area contributed by atoms with Crippen LogP contribution in [0.4, 0.5) is 0 Å². The summed E-state index contributed by atoms with van der Waals surface area (Å²) in [4.78, 5) is 0. The van der Waals surface area contributed by atoms with Crippen molar-refractivity contribution in [1.82, 2.24) is 0 Å². The highest BCUT2D eigenvalue weighted by Crippen LogP contribution is 2.11. The molecule has 0 aliphatic rings. The summed E-state index contributed by atoms with van der Waals surface area (Å²) >= 11 is 1.65. The lowest BCUT2D eigenvalue weighted by atomic mass is 10.0. The average molecular weight is 290 g/mol. The van der Waals surface area contributed by atoms with Crippen LogP contribution in [0.5, 0.6) is 0 Å². The van der Waals surface area contributed by atoms with Crippen LogP contribution < -0.4 is 0 Å². The molecule has 0 aliphatic heterocycles. The number of rotatable bonds is 4. The van der Waals surface area contributed by atoms with Gasteiger partial charge in [-0.25, -0.2) is 0 Å². The Bertz CT molecular complexity index is 688. The van der Waals surface area contributed by atoms with Crippen LogP contribution in [0.25, 0.3) is 0 Å². The third-order valence-corrected chi connectivity index (χ3v) is 3.70. The van der Waals surface area contributed by atoms with E-state index in [1.165, 1.54) is 0 Å². The molecule has 0 fully saturated rings. The van der Waals surface area contributed by atoms with Gasteiger partial charge in [-0.1, -0.05) is 60.7 Å². The normalized spacial score (nSPS) is 10.7. The van der Waals surface area contributed by atoms with Gasteiger partial charge in [0.25, 0.3) is 0 Å². The van der Waals surface area contributed by atoms with Crippen molar-refractivity contribution in [3.63, 3.8) is 0 Å². The van der Waals surface area contributed by atoms with Crippen LogP contribution in [-0.2, 0) is 0 Å². The van der Waals surface area contributed by atoms with E-state index in [0.29, 0.717) is 0 Å². The minimum Gasteiger partial charge on any atom is -0.158 e. The fourth-order valence-electron chi connectivity index (χ4n) is 1.98. The van der Waals surface area contributed by atoms with E-state index in [0.717, 1.165) is 22.4 Å². The maximum atomic E-state index is 4.43. The van der Waals surface area contributed by atoms with E-state index in [1.54, 1.807) is 17.6 Å². The van der Waals surface area contributed by atoms with E-state index in [1.807, 2.05) is 77.5 Å². The monoisotopic (exact) mass is 290 g/mol. The summed E-state index contributed by atoms with van der Waals surface area (Å²) in [7, 11) is 0. The molecular formula is C18H14N2S. The molecule has 1 aromatic heterocycles. The smallest absolute Gasteiger partial charge is 0.100 e. The van der Waals surface area contributed by atoms with Crippen LogP contribution in [0, 0.1) is 0 Å². The Morgan fingerprint density at radius 1 is 0.810 bits per heavy atom. The molecule has 3 aromatic rings. The van der Waals surface area contributed by atoms with Gasteiger partial charge in [0, 0.05) is 16.7 Å². The first kappa shape index (κ1) is 13.5. The van der Waals surface area contributed by atoms with Crippen molar-refractivity contribution in [1.29, 1.82) is 0 Å². The molecule has 21 heavy (non-hydrogen) atoms. The van der Waals surface area contributed by atoms with Crippen molar-refractivity contribution >= 4 is 23.3 Å². The molecule has 2 aromatic carbocycles. The molecule has 0 unspecified atom stereocenters. The second kappa shape index (κ2) is 6.77. The third-order valence-electron chi connectivity index (χ3n) is 3.00. The average Bonchev–Trinajstić information content (AvgIpc) is 3.07. The number of hydrogen-bond donors (Lipinski definition) is 0. The molecule has 0 amide bonds. The highest BCUT2D eigenvalue weighted by Gasteiger charge is 2.05. The molecule has 0 atom stereocenters. The van der Waals surface area contributed by atoms with Crippen molar-refractivity contribution in [2.24, 2.45) is 10.2 Å². The van der Waals surface area contributed by atoms with Gasteiger partial charge in [0.2, 0.25) is 0 Å². The summed E-state index contributed by atoms with van der Waals surface area (Å²) in [5.41, 5.74) is 4.07. The van der Waals surface area contributed by atoms with Crippen molar-refractivity contribution in [3.8, 4) is 0 Å². The SMILES string of the molecule is C(=N/N=C(c1ccccc1)c1ccccc1)/c1ccsc1. The predicted octanol–water partition coefficient (Wildman–Crippen LogP) is 4.62. The van der Waals surface area contributed by atoms with Gasteiger partial charge in [0.1, 0.15) is 5.71 Å². The molecule has 102 valence electrons. The van der Waals surface area contributed by atoms with Gasteiger partial charge >= 0.3 is 0 Å². The minimum absolute atomic E-state index is 0.877. The second-order valence-electron chi connectivity index (χ2n) is 4.48. The second-order valence-corrected chi connectivity index (χ2v) is 5.26. The van der Waals surface area contributed by atoms with Gasteiger partial charge in [0.05, 0.1) is 6.21 Å². The standard InChI is InChI=1S/C18H14N2S/c1-3-7-16(8-4-1)18(17-9-5-2-6-10-17)20-19-13-15-11-12-21-14-15/h1-14H/b19-13-. The highest BCUT2D eigenvalue weighted by atomic mass is 32.1. The number of thiophene rings is 1. The fourth-order valence-corrected chi connectivity index (χ4v) is 2.59. The quantitative estimate of drug-likeness (QED) is 0.495. The van der Waals surface area contributed by atoms with Gasteiger partial charge in [-0.3, -0.25) is 0 Å². The van der Waals surface area contributed by atoms with Gasteiger partial charge in [-0.2, -0.15) is 16.4 Å². The molecule has 0 aliphatic carbocycles. The van der Waals surface area contributed by atoms with Crippen LogP contribution in [0.15, 0.2) is 87.7 Å². The minimum atomic E-state index is 0.877. The van der Waals surface area contributed by atoms with Crippen molar-refractivity contribution in [2.45, 2.75) is 0 Å². The maximum Gasteiger partial charge on any atom is 0.100 e. The third kappa shape index (κ3) is 3.52. The Balaban J connectivity index is 1.97. The lowest BCUT2D eigenvalue weighted by molar-refractivity contribution is 1.24. The van der Waals surface area contributed by atoms with E-state index in [9.17, 15) is 0 Å². The molecule has 0 saturated heterocycles. The van der Waals surface area contributed by atoms with Gasteiger partial charge < -0.3 is 0 Å². The van der Waals surface area contributed by atoms with E-state index in [4.69, 9.17) is 0 Å². The number of nitrogens with zero attached hydrogens (tertiary/aromatic N) is 2. The van der Waals surface area contributed by atoms with Crippen LogP contribution in [0.1, 0.15) is 16.7 Å². The maximum absolute atomic E-state index is 4.43. The van der Waals surface area contributed by atoms with E-state index in [-0.39, 0.29) is 0 Å². The molecule has 3 rings (SSSR count). The Morgan fingerprint density at radius 2 is 1.43 bits per heavy atom. The number of benzene rings is 2. The Hall–Kier alpha value is -2.52. The first-order chi connectivity index (χ1) is 10.4. The molecule has 0 radical (unpaired) electrons. The molecule has 1 heterocycles. The summed E-state index contributed by atoms with van der Waals surface area (Å²) in [5.74, 6) is 0. The lowest BCUT2D eigenvalue weighted by Gasteiger charge is -2.04. The Kier molecular flexibility index (Phi) is 4.34. The van der Waals surface area contributed by atoms with Crippen LogP contribution in [0.3, 0.4) is 0 Å². The van der Waals surface area contributed by atoms with E-state index in [2.05, 4.69) is 10.2 Å². The number of hydrogen-bond acceptors (Lipinski definition) is 3. The van der Waals surface area contributed by atoms with Gasteiger partial charge in [-0.15, -0.1) is 5.10 Å². The van der Waals surface area contributed by atoms with Crippen molar-refractivity contribution in [3.05, 3.63) is 94.2 Å². The molecule has 0 spiro atoms. The Morgan fingerprint density at radius 3 is 1.95 bits per heavy atom. The summed E-state index contributed by atoms with van der Waals surface area (Å²) < 4.78 is 0. The summed E-state index contributed by atoms with van der Waals surface area (Å²) in [5, 5.41) is 12.7. The zero-order valence-corrected chi connectivity index (χ0v) is 12.2. The van der Waals surface area contributed by atoms with E-state index >= 15 is 0 Å². The van der Waals surface area contributed by atoms with Crippen LogP contribution in [0.2, 0.25) is 0 Å². The molecule has 0 bridgehead atoms. The Labute approximate surface area is 128 Å². The van der Waals surface area contributed by atoms with Crippen molar-refractivity contribution < 1.29 is 0 Å². The first-order valence-corrected chi connectivity index (χ1v) is 7.62.